The lowest BCUT2D eigenvalue weighted by Crippen LogP contribution is -2.29. The number of rotatable bonds is 5. The van der Waals surface area contributed by atoms with Crippen LogP contribution < -0.4 is 10.2 Å². The van der Waals surface area contributed by atoms with Crippen LogP contribution in [-0.2, 0) is 20.9 Å². The lowest BCUT2D eigenvalue weighted by molar-refractivity contribution is -0.128. The van der Waals surface area contributed by atoms with Crippen molar-refractivity contribution in [3.8, 4) is 0 Å². The van der Waals surface area contributed by atoms with Gasteiger partial charge in [0.15, 0.2) is 0 Å². The number of nitrogens with one attached hydrogen (secondary N) is 1. The summed E-state index contributed by atoms with van der Waals surface area (Å²) in [5, 5.41) is 2.89. The number of amides is 3. The lowest BCUT2D eigenvalue weighted by atomic mass is 10.1. The largest absolute Gasteiger partial charge is 0.447 e. The van der Waals surface area contributed by atoms with Gasteiger partial charge in [-0.2, -0.15) is 0 Å². The molecule has 0 aliphatic carbocycles. The van der Waals surface area contributed by atoms with Crippen molar-refractivity contribution in [1.29, 1.82) is 0 Å². The number of hydrogen-bond donors (Lipinski definition) is 1. The third-order valence-corrected chi connectivity index (χ3v) is 5.02. The van der Waals surface area contributed by atoms with E-state index < -0.39 is 12.0 Å². The summed E-state index contributed by atoms with van der Waals surface area (Å²) < 4.78 is 4.99. The third kappa shape index (κ3) is 3.69. The molecular weight excluding hydrogens is 358 g/mol. The summed E-state index contributed by atoms with van der Waals surface area (Å²) in [4.78, 5) is 40.2. The first kappa shape index (κ1) is 18.0. The minimum Gasteiger partial charge on any atom is -0.447 e. The fourth-order valence-corrected chi connectivity index (χ4v) is 3.57. The van der Waals surface area contributed by atoms with E-state index in [1.165, 1.54) is 4.90 Å². The van der Waals surface area contributed by atoms with Crippen molar-refractivity contribution in [2.45, 2.75) is 13.0 Å². The van der Waals surface area contributed by atoms with Crippen molar-refractivity contribution in [3.63, 3.8) is 0 Å². The van der Waals surface area contributed by atoms with Crippen molar-refractivity contribution in [2.24, 2.45) is 5.92 Å². The molecule has 2 saturated heterocycles. The van der Waals surface area contributed by atoms with Crippen LogP contribution in [0, 0.1) is 5.92 Å². The molecule has 1 N–H and O–H groups in total. The van der Waals surface area contributed by atoms with E-state index in [1.807, 2.05) is 30.3 Å². The van der Waals surface area contributed by atoms with Crippen LogP contribution in [0.5, 0.6) is 0 Å². The van der Waals surface area contributed by atoms with Crippen LogP contribution in [-0.4, -0.2) is 42.5 Å². The second kappa shape index (κ2) is 7.72. The molecule has 0 saturated carbocycles. The first-order valence-electron chi connectivity index (χ1n) is 9.27. The number of benzene rings is 2. The van der Waals surface area contributed by atoms with Gasteiger partial charge in [0, 0.05) is 19.5 Å². The van der Waals surface area contributed by atoms with E-state index in [9.17, 15) is 14.4 Å². The number of carbonyl (C=O) groups is 3. The molecule has 7 heteroatoms. The van der Waals surface area contributed by atoms with E-state index in [0.29, 0.717) is 37.6 Å². The van der Waals surface area contributed by atoms with Crippen LogP contribution in [0.2, 0.25) is 0 Å². The molecule has 2 aromatic carbocycles. The molecule has 4 rings (SSSR count). The van der Waals surface area contributed by atoms with Crippen molar-refractivity contribution in [3.05, 3.63) is 60.2 Å². The highest BCUT2D eigenvalue weighted by atomic mass is 16.6. The van der Waals surface area contributed by atoms with Gasteiger partial charge in [0.1, 0.15) is 6.61 Å². The zero-order valence-corrected chi connectivity index (χ0v) is 15.3. The molecule has 2 fully saturated rings. The maximum atomic E-state index is 12.8. The molecule has 144 valence electrons. The molecule has 7 nitrogen and oxygen atoms in total. The number of cyclic esters (lactones) is 1. The first-order chi connectivity index (χ1) is 13.6. The predicted octanol–water partition coefficient (Wildman–Crippen LogP) is 2.63. The molecule has 1 atom stereocenters. The van der Waals surface area contributed by atoms with E-state index in [2.05, 4.69) is 5.32 Å². The number of ether oxygens (including phenoxy) is 1. The average molecular weight is 379 g/mol. The number of nitrogens with zero attached hydrogens (tertiary/aromatic N) is 2. The van der Waals surface area contributed by atoms with Gasteiger partial charge in [-0.15, -0.1) is 0 Å². The van der Waals surface area contributed by atoms with Crippen molar-refractivity contribution in [1.82, 2.24) is 4.90 Å². The molecule has 28 heavy (non-hydrogen) atoms. The van der Waals surface area contributed by atoms with Crippen molar-refractivity contribution in [2.75, 3.05) is 29.9 Å². The Morgan fingerprint density at radius 1 is 1.07 bits per heavy atom. The maximum absolute atomic E-state index is 12.8. The van der Waals surface area contributed by atoms with Crippen molar-refractivity contribution >= 4 is 29.3 Å². The number of anilines is 2. The Hall–Kier alpha value is -3.35. The quantitative estimate of drug-likeness (QED) is 0.866. The summed E-state index contributed by atoms with van der Waals surface area (Å²) in [5.74, 6) is -0.667. The van der Waals surface area contributed by atoms with Gasteiger partial charge in [0.05, 0.1) is 23.8 Å². The van der Waals surface area contributed by atoms with Gasteiger partial charge in [-0.3, -0.25) is 14.5 Å². The first-order valence-corrected chi connectivity index (χ1v) is 9.27. The molecular formula is C21H21N3O4. The van der Waals surface area contributed by atoms with Gasteiger partial charge in [0.2, 0.25) is 11.8 Å². The Morgan fingerprint density at radius 2 is 1.82 bits per heavy atom. The zero-order valence-electron chi connectivity index (χ0n) is 15.3. The normalized spacial score (nSPS) is 19.1. The molecule has 3 amide bonds. The second-order valence-corrected chi connectivity index (χ2v) is 6.93. The van der Waals surface area contributed by atoms with Crippen LogP contribution in [0.15, 0.2) is 54.6 Å². The summed E-state index contributed by atoms with van der Waals surface area (Å²) >= 11 is 0. The SMILES string of the molecule is O=C(Nc1ccccc1N1CCOC1=O)C1CC(=O)N(Cc2ccccc2)C1. The molecule has 0 aromatic heterocycles. The predicted molar refractivity (Wildman–Crippen MR) is 104 cm³/mol. The Kier molecular flexibility index (Phi) is 4.97. The van der Waals surface area contributed by atoms with Gasteiger partial charge in [-0.05, 0) is 17.7 Å². The van der Waals surface area contributed by atoms with Crippen LogP contribution in [0.3, 0.4) is 0 Å². The Balaban J connectivity index is 1.43. The standard InChI is InChI=1S/C21H21N3O4/c25-19-12-16(14-23(19)13-15-6-2-1-3-7-15)20(26)22-17-8-4-5-9-18(17)24-10-11-28-21(24)27/h1-9,16H,10-14H2,(H,22,26). The number of likely N-dealkylation sites (tertiary alicyclic amines) is 1. The molecule has 0 spiro atoms. The third-order valence-electron chi connectivity index (χ3n) is 5.02. The van der Waals surface area contributed by atoms with Crippen LogP contribution in [0.4, 0.5) is 16.2 Å². The van der Waals surface area contributed by atoms with E-state index in [-0.39, 0.29) is 18.2 Å². The monoisotopic (exact) mass is 379 g/mol. The topological polar surface area (TPSA) is 79.0 Å². The van der Waals surface area contributed by atoms with Crippen LogP contribution in [0.25, 0.3) is 0 Å². The maximum Gasteiger partial charge on any atom is 0.414 e. The average Bonchev–Trinajstić information content (AvgIpc) is 3.29. The van der Waals surface area contributed by atoms with E-state index in [1.54, 1.807) is 29.2 Å². The highest BCUT2D eigenvalue weighted by Crippen LogP contribution is 2.29. The van der Waals surface area contributed by atoms with Crippen LogP contribution >= 0.6 is 0 Å². The van der Waals surface area contributed by atoms with Gasteiger partial charge < -0.3 is 15.0 Å². The summed E-state index contributed by atoms with van der Waals surface area (Å²) in [5.41, 5.74) is 2.18. The van der Waals surface area contributed by atoms with E-state index in [4.69, 9.17) is 4.74 Å². The Labute approximate surface area is 162 Å². The fraction of sp³-hybridized carbons (Fsp3) is 0.286. The fourth-order valence-electron chi connectivity index (χ4n) is 3.57. The highest BCUT2D eigenvalue weighted by Gasteiger charge is 2.35. The van der Waals surface area contributed by atoms with E-state index >= 15 is 0 Å². The summed E-state index contributed by atoms with van der Waals surface area (Å²) in [6, 6.07) is 16.8. The Morgan fingerprint density at radius 3 is 2.57 bits per heavy atom. The molecule has 2 aromatic rings. The minimum absolute atomic E-state index is 0.0274. The van der Waals surface area contributed by atoms with Gasteiger partial charge >= 0.3 is 6.09 Å². The van der Waals surface area contributed by atoms with Gasteiger partial charge in [0.25, 0.3) is 0 Å². The zero-order chi connectivity index (χ0) is 19.5. The number of carbonyl (C=O) groups excluding carboxylic acids is 3. The Bertz CT molecular complexity index is 900. The van der Waals surface area contributed by atoms with Crippen molar-refractivity contribution < 1.29 is 19.1 Å². The van der Waals surface area contributed by atoms with E-state index in [0.717, 1.165) is 5.56 Å². The molecule has 0 radical (unpaired) electrons. The summed E-state index contributed by atoms with van der Waals surface area (Å²) in [6.07, 6.45) is -0.237. The highest BCUT2D eigenvalue weighted by molar-refractivity contribution is 6.02. The number of hydrogen-bond acceptors (Lipinski definition) is 4. The van der Waals surface area contributed by atoms with Gasteiger partial charge in [-0.25, -0.2) is 4.79 Å². The number of para-hydroxylation sites is 2. The molecule has 2 aliphatic heterocycles. The molecule has 2 aliphatic rings. The smallest absolute Gasteiger partial charge is 0.414 e. The summed E-state index contributed by atoms with van der Waals surface area (Å²) in [6.45, 7) is 1.65. The molecule has 0 bridgehead atoms. The van der Waals surface area contributed by atoms with Gasteiger partial charge in [-0.1, -0.05) is 42.5 Å². The summed E-state index contributed by atoms with van der Waals surface area (Å²) in [7, 11) is 0. The lowest BCUT2D eigenvalue weighted by Gasteiger charge is -2.19. The molecule has 2 heterocycles. The van der Waals surface area contributed by atoms with Crippen LogP contribution in [0.1, 0.15) is 12.0 Å². The second-order valence-electron chi connectivity index (χ2n) is 6.93. The minimum atomic E-state index is -0.424. The molecule has 1 unspecified atom stereocenters.